The van der Waals surface area contributed by atoms with Crippen LogP contribution in [0.2, 0.25) is 0 Å². The van der Waals surface area contributed by atoms with Crippen LogP contribution < -0.4 is 0 Å². The van der Waals surface area contributed by atoms with Crippen molar-refractivity contribution in [3.63, 3.8) is 0 Å². The standard InChI is InChI=1S/C10H20N2/c1-7(2)12-5-8-9(6-12)10(8)11(3)4/h7-10H,5-6H2,1-4H3/t8-,9+,10+. The van der Waals surface area contributed by atoms with E-state index in [0.29, 0.717) is 0 Å². The summed E-state index contributed by atoms with van der Waals surface area (Å²) in [6.45, 7) is 7.28. The van der Waals surface area contributed by atoms with Crippen LogP contribution in [0, 0.1) is 11.8 Å². The molecule has 70 valence electrons. The van der Waals surface area contributed by atoms with Gasteiger partial charge in [0.2, 0.25) is 0 Å². The van der Waals surface area contributed by atoms with E-state index in [4.69, 9.17) is 0 Å². The average molecular weight is 168 g/mol. The van der Waals surface area contributed by atoms with Crippen LogP contribution in [0.25, 0.3) is 0 Å². The Morgan fingerprint density at radius 2 is 1.67 bits per heavy atom. The zero-order chi connectivity index (χ0) is 8.88. The summed E-state index contributed by atoms with van der Waals surface area (Å²) < 4.78 is 0. The molecule has 0 amide bonds. The van der Waals surface area contributed by atoms with Crippen LogP contribution in [-0.4, -0.2) is 49.1 Å². The first kappa shape index (κ1) is 8.52. The molecule has 0 unspecified atom stereocenters. The van der Waals surface area contributed by atoms with Gasteiger partial charge in [-0.3, -0.25) is 0 Å². The van der Waals surface area contributed by atoms with Gasteiger partial charge in [0.05, 0.1) is 0 Å². The van der Waals surface area contributed by atoms with E-state index in [1.165, 1.54) is 13.1 Å². The molecule has 2 fully saturated rings. The van der Waals surface area contributed by atoms with E-state index in [2.05, 4.69) is 37.7 Å². The number of likely N-dealkylation sites (tertiary alicyclic amines) is 1. The Bertz CT molecular complexity index is 159. The summed E-state index contributed by atoms with van der Waals surface area (Å²) in [6, 6.07) is 1.65. The highest BCUT2D eigenvalue weighted by atomic mass is 15.3. The normalized spacial score (nSPS) is 41.0. The molecule has 0 spiro atoms. The van der Waals surface area contributed by atoms with Crippen molar-refractivity contribution < 1.29 is 0 Å². The van der Waals surface area contributed by atoms with Gasteiger partial charge in [-0.05, 0) is 39.8 Å². The van der Waals surface area contributed by atoms with Gasteiger partial charge in [-0.25, -0.2) is 0 Å². The van der Waals surface area contributed by atoms with Crippen molar-refractivity contribution in [3.05, 3.63) is 0 Å². The second-order valence-electron chi connectivity index (χ2n) is 4.83. The summed E-state index contributed by atoms with van der Waals surface area (Å²) >= 11 is 0. The Labute approximate surface area is 75.5 Å². The quantitative estimate of drug-likeness (QED) is 0.604. The molecule has 12 heavy (non-hydrogen) atoms. The minimum atomic E-state index is 0.751. The zero-order valence-corrected chi connectivity index (χ0v) is 8.62. The zero-order valence-electron chi connectivity index (χ0n) is 8.62. The Morgan fingerprint density at radius 1 is 1.17 bits per heavy atom. The number of fused-ring (bicyclic) bond motifs is 1. The van der Waals surface area contributed by atoms with Crippen LogP contribution in [0.15, 0.2) is 0 Å². The summed E-state index contributed by atoms with van der Waals surface area (Å²) in [7, 11) is 4.42. The van der Waals surface area contributed by atoms with Crippen LogP contribution in [0.4, 0.5) is 0 Å². The van der Waals surface area contributed by atoms with E-state index >= 15 is 0 Å². The molecule has 2 nitrogen and oxygen atoms in total. The summed E-state index contributed by atoms with van der Waals surface area (Å²) in [5.74, 6) is 1.98. The van der Waals surface area contributed by atoms with Gasteiger partial charge in [-0.1, -0.05) is 0 Å². The fraction of sp³-hybridized carbons (Fsp3) is 1.00. The molecule has 2 heteroatoms. The highest BCUT2D eigenvalue weighted by molar-refractivity contribution is 5.10. The predicted molar refractivity (Wildman–Crippen MR) is 51.2 cm³/mol. The Morgan fingerprint density at radius 3 is 2.00 bits per heavy atom. The lowest BCUT2D eigenvalue weighted by Crippen LogP contribution is -2.35. The SMILES string of the molecule is CC(C)N1C[C@@H]2[C@H](C1)[C@H]2N(C)C. The van der Waals surface area contributed by atoms with Gasteiger partial charge in [0.1, 0.15) is 0 Å². The van der Waals surface area contributed by atoms with Crippen molar-refractivity contribution in [1.82, 2.24) is 9.80 Å². The molecule has 3 atom stereocenters. The first-order valence-corrected chi connectivity index (χ1v) is 5.01. The molecule has 1 saturated heterocycles. The minimum Gasteiger partial charge on any atom is -0.306 e. The first-order valence-electron chi connectivity index (χ1n) is 5.01. The van der Waals surface area contributed by atoms with E-state index in [-0.39, 0.29) is 0 Å². The second-order valence-corrected chi connectivity index (χ2v) is 4.83. The second kappa shape index (κ2) is 2.71. The lowest BCUT2D eigenvalue weighted by atomic mass is 10.3. The van der Waals surface area contributed by atoms with Gasteiger partial charge in [0.15, 0.2) is 0 Å². The monoisotopic (exact) mass is 168 g/mol. The fourth-order valence-electron chi connectivity index (χ4n) is 2.72. The van der Waals surface area contributed by atoms with E-state index in [1.807, 2.05) is 0 Å². The fourth-order valence-corrected chi connectivity index (χ4v) is 2.72. The third-order valence-corrected chi connectivity index (χ3v) is 3.50. The third-order valence-electron chi connectivity index (χ3n) is 3.50. The number of rotatable bonds is 2. The number of hydrogen-bond acceptors (Lipinski definition) is 2. The number of hydrogen-bond donors (Lipinski definition) is 0. The van der Waals surface area contributed by atoms with Crippen LogP contribution in [0.3, 0.4) is 0 Å². The maximum atomic E-state index is 2.61. The van der Waals surface area contributed by atoms with Crippen LogP contribution in [-0.2, 0) is 0 Å². The summed E-state index contributed by atoms with van der Waals surface area (Å²) in [5.41, 5.74) is 0. The number of piperidine rings is 1. The highest BCUT2D eigenvalue weighted by Crippen LogP contribution is 2.48. The van der Waals surface area contributed by atoms with Gasteiger partial charge in [0.25, 0.3) is 0 Å². The van der Waals surface area contributed by atoms with Crippen molar-refractivity contribution in [2.75, 3.05) is 27.2 Å². The van der Waals surface area contributed by atoms with Crippen LogP contribution >= 0.6 is 0 Å². The van der Waals surface area contributed by atoms with Crippen molar-refractivity contribution in [1.29, 1.82) is 0 Å². The predicted octanol–water partition coefficient (Wildman–Crippen LogP) is 0.887. The molecule has 2 rings (SSSR count). The maximum Gasteiger partial charge on any atom is 0.0177 e. The van der Waals surface area contributed by atoms with E-state index in [1.54, 1.807) is 0 Å². The molecule has 1 saturated carbocycles. The molecule has 0 N–H and O–H groups in total. The molecule has 1 aliphatic heterocycles. The topological polar surface area (TPSA) is 6.48 Å². The van der Waals surface area contributed by atoms with Gasteiger partial charge in [-0.2, -0.15) is 0 Å². The molecule has 0 aromatic rings. The first-order chi connectivity index (χ1) is 5.61. The summed E-state index contributed by atoms with van der Waals surface area (Å²) in [6.07, 6.45) is 0. The molecule has 0 aromatic carbocycles. The minimum absolute atomic E-state index is 0.751. The maximum absolute atomic E-state index is 2.61. The van der Waals surface area contributed by atoms with E-state index < -0.39 is 0 Å². The third kappa shape index (κ3) is 1.17. The van der Waals surface area contributed by atoms with Crippen molar-refractivity contribution >= 4 is 0 Å². The molecule has 1 heterocycles. The van der Waals surface area contributed by atoms with Gasteiger partial charge >= 0.3 is 0 Å². The molecule has 0 radical (unpaired) electrons. The molecular weight excluding hydrogens is 148 g/mol. The Hall–Kier alpha value is -0.0800. The molecule has 2 aliphatic rings. The Kier molecular flexibility index (Phi) is 1.92. The smallest absolute Gasteiger partial charge is 0.0177 e. The number of nitrogens with zero attached hydrogens (tertiary/aromatic N) is 2. The summed E-state index contributed by atoms with van der Waals surface area (Å²) in [4.78, 5) is 5.00. The van der Waals surface area contributed by atoms with Crippen molar-refractivity contribution in [2.45, 2.75) is 25.9 Å². The van der Waals surface area contributed by atoms with Crippen LogP contribution in [0.5, 0.6) is 0 Å². The van der Waals surface area contributed by atoms with E-state index in [9.17, 15) is 0 Å². The lowest BCUT2D eigenvalue weighted by molar-refractivity contribution is 0.212. The molecule has 1 aliphatic carbocycles. The van der Waals surface area contributed by atoms with Gasteiger partial charge in [0, 0.05) is 25.2 Å². The van der Waals surface area contributed by atoms with Crippen molar-refractivity contribution in [3.8, 4) is 0 Å². The van der Waals surface area contributed by atoms with Crippen LogP contribution in [0.1, 0.15) is 13.8 Å². The molecular formula is C10H20N2. The molecule has 0 aromatic heterocycles. The van der Waals surface area contributed by atoms with Crippen molar-refractivity contribution in [2.24, 2.45) is 11.8 Å². The average Bonchev–Trinajstić information content (AvgIpc) is 2.48. The van der Waals surface area contributed by atoms with Gasteiger partial charge in [-0.15, -0.1) is 0 Å². The summed E-state index contributed by atoms with van der Waals surface area (Å²) in [5, 5.41) is 0. The van der Waals surface area contributed by atoms with E-state index in [0.717, 1.165) is 23.9 Å². The lowest BCUT2D eigenvalue weighted by Gasteiger charge is -2.25. The van der Waals surface area contributed by atoms with Gasteiger partial charge < -0.3 is 9.80 Å². The Balaban J connectivity index is 1.86. The highest BCUT2D eigenvalue weighted by Gasteiger charge is 2.56. The largest absolute Gasteiger partial charge is 0.306 e. The molecule has 0 bridgehead atoms.